The van der Waals surface area contributed by atoms with E-state index in [-0.39, 0.29) is 18.1 Å². The second-order valence-corrected chi connectivity index (χ2v) is 11.5. The number of hydrogen-bond donors (Lipinski definition) is 1. The Bertz CT molecular complexity index is 1040. The van der Waals surface area contributed by atoms with E-state index < -0.39 is 0 Å². The van der Waals surface area contributed by atoms with Crippen molar-refractivity contribution in [1.29, 1.82) is 0 Å². The maximum atomic E-state index is 12.7. The molecule has 6 heteroatoms. The Balaban J connectivity index is 1.06. The number of ether oxygens (including phenoxy) is 2. The highest BCUT2D eigenvalue weighted by molar-refractivity contribution is 5.78. The third kappa shape index (κ3) is 3.43. The molecule has 1 N–H and O–H groups in total. The zero-order chi connectivity index (χ0) is 22.0. The first-order valence-corrected chi connectivity index (χ1v) is 12.0. The van der Waals surface area contributed by atoms with Crippen LogP contribution in [-0.2, 0) is 22.7 Å². The number of carbonyl (C=O) groups is 1. The highest BCUT2D eigenvalue weighted by atomic mass is 16.5. The van der Waals surface area contributed by atoms with Gasteiger partial charge in [-0.15, -0.1) is 0 Å². The SMILES string of the molecule is CC12CC3CC(C)(C1)CC(OCCNC(=O)Cn1ncc4c1-c1ccccc1OC4)(C3)C2. The first-order valence-electron chi connectivity index (χ1n) is 12.0. The van der Waals surface area contributed by atoms with Crippen molar-refractivity contribution in [2.75, 3.05) is 13.2 Å². The third-order valence-corrected chi connectivity index (χ3v) is 8.14. The van der Waals surface area contributed by atoms with E-state index in [4.69, 9.17) is 9.47 Å². The second-order valence-electron chi connectivity index (χ2n) is 11.5. The largest absolute Gasteiger partial charge is 0.488 e. The van der Waals surface area contributed by atoms with Gasteiger partial charge < -0.3 is 14.8 Å². The molecule has 4 bridgehead atoms. The number of benzene rings is 1. The number of fused-ring (bicyclic) bond motifs is 3. The van der Waals surface area contributed by atoms with Crippen molar-refractivity contribution in [2.45, 2.75) is 71.1 Å². The number of nitrogens with zero attached hydrogens (tertiary/aromatic N) is 2. The van der Waals surface area contributed by atoms with Crippen molar-refractivity contribution in [3.8, 4) is 17.0 Å². The van der Waals surface area contributed by atoms with Crippen molar-refractivity contribution < 1.29 is 14.3 Å². The molecule has 4 fully saturated rings. The number of nitrogens with one attached hydrogen (secondary N) is 1. The summed E-state index contributed by atoms with van der Waals surface area (Å²) in [4.78, 5) is 12.7. The lowest BCUT2D eigenvalue weighted by molar-refractivity contribution is -0.213. The summed E-state index contributed by atoms with van der Waals surface area (Å²) in [7, 11) is 0. The molecule has 2 aromatic rings. The molecule has 32 heavy (non-hydrogen) atoms. The van der Waals surface area contributed by atoms with Crippen molar-refractivity contribution in [3.63, 3.8) is 0 Å². The van der Waals surface area contributed by atoms with Crippen molar-refractivity contribution in [1.82, 2.24) is 15.1 Å². The van der Waals surface area contributed by atoms with Gasteiger partial charge in [0.15, 0.2) is 0 Å². The number of carbonyl (C=O) groups excluding carboxylic acids is 1. The number of amides is 1. The molecule has 1 amide bonds. The summed E-state index contributed by atoms with van der Waals surface area (Å²) in [5.74, 6) is 1.62. The van der Waals surface area contributed by atoms with E-state index in [1.807, 2.05) is 24.3 Å². The molecule has 1 aliphatic heterocycles. The molecule has 0 spiro atoms. The van der Waals surface area contributed by atoms with Crippen LogP contribution in [0.5, 0.6) is 5.75 Å². The fourth-order valence-electron chi connectivity index (χ4n) is 8.06. The molecule has 2 unspecified atom stereocenters. The van der Waals surface area contributed by atoms with Gasteiger partial charge in [-0.25, -0.2) is 0 Å². The zero-order valence-electron chi connectivity index (χ0n) is 19.2. The number of para-hydroxylation sites is 1. The molecule has 5 aliphatic rings. The highest BCUT2D eigenvalue weighted by Crippen LogP contribution is 2.67. The van der Waals surface area contributed by atoms with Gasteiger partial charge >= 0.3 is 0 Å². The molecule has 0 radical (unpaired) electrons. The van der Waals surface area contributed by atoms with Crippen molar-refractivity contribution in [2.24, 2.45) is 16.7 Å². The highest BCUT2D eigenvalue weighted by Gasteiger charge is 2.60. The average molecular weight is 436 g/mol. The Morgan fingerprint density at radius 3 is 2.75 bits per heavy atom. The summed E-state index contributed by atoms with van der Waals surface area (Å²) in [6.07, 6.45) is 9.45. The van der Waals surface area contributed by atoms with E-state index in [2.05, 4.69) is 24.3 Å². The van der Waals surface area contributed by atoms with Crippen LogP contribution in [0.3, 0.4) is 0 Å². The van der Waals surface area contributed by atoms with Gasteiger partial charge in [-0.3, -0.25) is 9.48 Å². The summed E-state index contributed by atoms with van der Waals surface area (Å²) in [5, 5.41) is 7.50. The van der Waals surface area contributed by atoms with Crippen LogP contribution in [0.4, 0.5) is 0 Å². The molecular weight excluding hydrogens is 402 g/mol. The molecule has 170 valence electrons. The zero-order valence-corrected chi connectivity index (χ0v) is 19.2. The molecule has 4 aliphatic carbocycles. The third-order valence-electron chi connectivity index (χ3n) is 8.14. The topological polar surface area (TPSA) is 65.4 Å². The predicted molar refractivity (Wildman–Crippen MR) is 121 cm³/mol. The van der Waals surface area contributed by atoms with Crippen LogP contribution >= 0.6 is 0 Å². The minimum atomic E-state index is -0.0343. The lowest BCUT2D eigenvalue weighted by Gasteiger charge is -2.65. The van der Waals surface area contributed by atoms with Gasteiger partial charge in [0.2, 0.25) is 5.91 Å². The van der Waals surface area contributed by atoms with Gasteiger partial charge in [-0.1, -0.05) is 26.0 Å². The Labute approximate surface area is 189 Å². The normalized spacial score (nSPS) is 34.0. The number of rotatable bonds is 6. The Kier molecular flexibility index (Phi) is 4.49. The number of aromatic nitrogens is 2. The minimum Gasteiger partial charge on any atom is -0.488 e. The fraction of sp³-hybridized carbons (Fsp3) is 0.615. The maximum Gasteiger partial charge on any atom is 0.241 e. The van der Waals surface area contributed by atoms with Gasteiger partial charge in [-0.05, 0) is 67.4 Å². The van der Waals surface area contributed by atoms with Crippen LogP contribution in [0.1, 0.15) is 57.9 Å². The minimum absolute atomic E-state index is 0.0262. The molecule has 0 saturated heterocycles. The van der Waals surface area contributed by atoms with Gasteiger partial charge in [-0.2, -0.15) is 5.10 Å². The van der Waals surface area contributed by atoms with E-state index in [0.29, 0.717) is 30.6 Å². The Hall–Kier alpha value is -2.34. The van der Waals surface area contributed by atoms with Crippen LogP contribution in [0, 0.1) is 16.7 Å². The first-order chi connectivity index (χ1) is 15.3. The lowest BCUT2D eigenvalue weighted by atomic mass is 9.43. The summed E-state index contributed by atoms with van der Waals surface area (Å²) in [5.41, 5.74) is 3.90. The van der Waals surface area contributed by atoms with E-state index >= 15 is 0 Å². The van der Waals surface area contributed by atoms with Gasteiger partial charge in [0.05, 0.1) is 24.1 Å². The van der Waals surface area contributed by atoms with Crippen LogP contribution < -0.4 is 10.1 Å². The monoisotopic (exact) mass is 435 g/mol. The summed E-state index contributed by atoms with van der Waals surface area (Å²) in [6.45, 7) is 6.74. The van der Waals surface area contributed by atoms with E-state index in [0.717, 1.165) is 28.5 Å². The molecule has 2 atom stereocenters. The summed E-state index contributed by atoms with van der Waals surface area (Å²) < 4.78 is 14.1. The van der Waals surface area contributed by atoms with Gasteiger partial charge in [0.25, 0.3) is 0 Å². The maximum absolute atomic E-state index is 12.7. The van der Waals surface area contributed by atoms with E-state index in [1.54, 1.807) is 10.9 Å². The molecule has 6 nitrogen and oxygen atoms in total. The molecule has 7 rings (SSSR count). The molecule has 1 aromatic carbocycles. The van der Waals surface area contributed by atoms with Crippen LogP contribution in [0.15, 0.2) is 30.5 Å². The fourth-order valence-corrected chi connectivity index (χ4v) is 8.06. The summed E-state index contributed by atoms with van der Waals surface area (Å²) >= 11 is 0. The smallest absolute Gasteiger partial charge is 0.241 e. The lowest BCUT2D eigenvalue weighted by Crippen LogP contribution is -2.59. The van der Waals surface area contributed by atoms with E-state index in [9.17, 15) is 4.79 Å². The van der Waals surface area contributed by atoms with E-state index in [1.165, 1.54) is 38.5 Å². The summed E-state index contributed by atoms with van der Waals surface area (Å²) in [6, 6.07) is 7.92. The standard InChI is InChI=1S/C26H33N3O3/c1-24-9-18-10-25(2,15-24)17-26(11-18,16-24)32-8-7-27-22(30)13-29-23-19(12-28-29)14-31-21-6-4-3-5-20(21)23/h3-6,12,18H,7-11,13-17H2,1-2H3,(H,27,30). The van der Waals surface area contributed by atoms with Crippen LogP contribution in [-0.4, -0.2) is 34.4 Å². The van der Waals surface area contributed by atoms with Crippen molar-refractivity contribution >= 4 is 5.91 Å². The first kappa shape index (κ1) is 20.3. The van der Waals surface area contributed by atoms with Crippen LogP contribution in [0.2, 0.25) is 0 Å². The molecule has 1 aromatic heterocycles. The molecular formula is C26H33N3O3. The Morgan fingerprint density at radius 1 is 1.19 bits per heavy atom. The Morgan fingerprint density at radius 2 is 1.97 bits per heavy atom. The van der Waals surface area contributed by atoms with Crippen molar-refractivity contribution in [3.05, 3.63) is 36.0 Å². The quantitative estimate of drug-likeness (QED) is 0.686. The van der Waals surface area contributed by atoms with Crippen LogP contribution in [0.25, 0.3) is 11.3 Å². The molecule has 2 heterocycles. The van der Waals surface area contributed by atoms with Gasteiger partial charge in [0.1, 0.15) is 18.9 Å². The predicted octanol–water partition coefficient (Wildman–Crippen LogP) is 4.32. The number of hydrogen-bond acceptors (Lipinski definition) is 4. The average Bonchev–Trinajstić information content (AvgIpc) is 3.12. The second kappa shape index (κ2) is 7.08. The molecule has 4 saturated carbocycles. The van der Waals surface area contributed by atoms with Gasteiger partial charge in [0, 0.05) is 17.7 Å².